The zero-order chi connectivity index (χ0) is 16.2. The van der Waals surface area contributed by atoms with Crippen molar-refractivity contribution in [1.29, 1.82) is 0 Å². The first-order valence-corrected chi connectivity index (χ1v) is 6.51. The third kappa shape index (κ3) is 3.76. The summed E-state index contributed by atoms with van der Waals surface area (Å²) >= 11 is 0. The number of alkyl halides is 2. The van der Waals surface area contributed by atoms with Crippen LogP contribution in [0.5, 0.6) is 0 Å². The number of halogens is 2. The van der Waals surface area contributed by atoms with E-state index in [1.165, 1.54) is 18.2 Å². The van der Waals surface area contributed by atoms with Gasteiger partial charge in [0.05, 0.1) is 5.69 Å². The predicted octanol–water partition coefficient (Wildman–Crippen LogP) is 1.59. The Labute approximate surface area is 125 Å². The van der Waals surface area contributed by atoms with Crippen LogP contribution in [0.2, 0.25) is 0 Å². The van der Waals surface area contributed by atoms with Gasteiger partial charge in [-0.15, -0.1) is 0 Å². The van der Waals surface area contributed by atoms with Crippen molar-refractivity contribution < 1.29 is 13.4 Å². The van der Waals surface area contributed by atoms with Crippen LogP contribution in [0.4, 0.5) is 20.3 Å². The van der Waals surface area contributed by atoms with Crippen molar-refractivity contribution >= 4 is 17.3 Å². The van der Waals surface area contributed by atoms with E-state index in [-0.39, 0.29) is 22.8 Å². The topological polar surface area (TPSA) is 115 Å². The highest BCUT2D eigenvalue weighted by Gasteiger charge is 2.24. The second-order valence-corrected chi connectivity index (χ2v) is 4.61. The number of aromatic nitrogens is 2. The van der Waals surface area contributed by atoms with Gasteiger partial charge >= 0.3 is 0 Å². The molecule has 2 rings (SSSR count). The van der Waals surface area contributed by atoms with Gasteiger partial charge in [-0.05, 0) is 22.4 Å². The maximum Gasteiger partial charge on any atom is 0.270 e. The number of nitrogens with zero attached hydrogens (tertiary/aromatic N) is 3. The summed E-state index contributed by atoms with van der Waals surface area (Å²) in [5.41, 5.74) is 11.5. The molecule has 0 spiro atoms. The number of amidine groups is 1. The first-order chi connectivity index (χ1) is 10.4. The van der Waals surface area contributed by atoms with Gasteiger partial charge in [0.1, 0.15) is 0 Å². The Morgan fingerprint density at radius 2 is 2.18 bits per heavy atom. The summed E-state index contributed by atoms with van der Waals surface area (Å²) in [6.07, 6.45) is 0. The van der Waals surface area contributed by atoms with Gasteiger partial charge < -0.3 is 16.8 Å². The summed E-state index contributed by atoms with van der Waals surface area (Å²) in [7, 11) is 0. The molecule has 0 amide bonds. The van der Waals surface area contributed by atoms with Gasteiger partial charge in [0.25, 0.3) is 5.92 Å². The number of nitrogens with one attached hydrogen (secondary N) is 1. The largest absolute Gasteiger partial charge is 0.382 e. The molecule has 5 N–H and O–H groups in total. The molecule has 0 aliphatic rings. The van der Waals surface area contributed by atoms with E-state index in [1.54, 1.807) is 6.07 Å². The summed E-state index contributed by atoms with van der Waals surface area (Å²) in [5, 5.41) is 10.2. The maximum atomic E-state index is 13.3. The van der Waals surface area contributed by atoms with Gasteiger partial charge in [0.15, 0.2) is 11.5 Å². The molecule has 0 saturated carbocycles. The fourth-order valence-corrected chi connectivity index (χ4v) is 1.70. The van der Waals surface area contributed by atoms with E-state index in [1.807, 2.05) is 0 Å². The Morgan fingerprint density at radius 1 is 1.41 bits per heavy atom. The molecule has 0 aliphatic heterocycles. The summed E-state index contributed by atoms with van der Waals surface area (Å²) in [4.78, 5) is 4.07. The van der Waals surface area contributed by atoms with Crippen LogP contribution in [0, 0.1) is 0 Å². The molecular weight excluding hydrogens is 294 g/mol. The maximum absolute atomic E-state index is 13.3. The van der Waals surface area contributed by atoms with Gasteiger partial charge in [-0.1, -0.05) is 12.1 Å². The fourth-order valence-electron chi connectivity index (χ4n) is 1.70. The van der Waals surface area contributed by atoms with Crippen LogP contribution in [-0.4, -0.2) is 29.2 Å². The smallest absolute Gasteiger partial charge is 0.270 e. The van der Waals surface area contributed by atoms with Crippen molar-refractivity contribution in [2.45, 2.75) is 12.8 Å². The van der Waals surface area contributed by atoms with E-state index < -0.39 is 5.92 Å². The second-order valence-electron chi connectivity index (χ2n) is 4.61. The van der Waals surface area contributed by atoms with Crippen molar-refractivity contribution in [2.75, 3.05) is 18.4 Å². The molecule has 118 valence electrons. The van der Waals surface area contributed by atoms with Crippen LogP contribution in [0.15, 0.2) is 33.9 Å². The van der Waals surface area contributed by atoms with Gasteiger partial charge in [-0.3, -0.25) is 0 Å². The summed E-state index contributed by atoms with van der Waals surface area (Å²) in [6, 6.07) is 5.62. The molecule has 1 heterocycles. The molecule has 7 nitrogen and oxygen atoms in total. The summed E-state index contributed by atoms with van der Waals surface area (Å²) in [6.45, 7) is 1.65. The summed E-state index contributed by atoms with van der Waals surface area (Å²) in [5.74, 6) is -2.66. The molecule has 0 radical (unpaired) electrons. The molecule has 22 heavy (non-hydrogen) atoms. The van der Waals surface area contributed by atoms with Crippen LogP contribution >= 0.6 is 0 Å². The molecular formula is C13H16F2N6O. The van der Waals surface area contributed by atoms with Gasteiger partial charge in [0, 0.05) is 25.6 Å². The van der Waals surface area contributed by atoms with Crippen LogP contribution < -0.4 is 16.8 Å². The Morgan fingerprint density at radius 3 is 2.86 bits per heavy atom. The lowest BCUT2D eigenvalue weighted by Crippen LogP contribution is -2.19. The summed E-state index contributed by atoms with van der Waals surface area (Å²) < 4.78 is 31.2. The van der Waals surface area contributed by atoms with Crippen LogP contribution in [0.3, 0.4) is 0 Å². The highest BCUT2D eigenvalue weighted by atomic mass is 19.3. The van der Waals surface area contributed by atoms with Gasteiger partial charge in [0.2, 0.25) is 5.82 Å². The van der Waals surface area contributed by atoms with Crippen LogP contribution in [0.1, 0.15) is 18.2 Å². The number of rotatable bonds is 6. The van der Waals surface area contributed by atoms with Crippen molar-refractivity contribution in [3.63, 3.8) is 0 Å². The Kier molecular flexibility index (Phi) is 4.66. The molecule has 0 saturated heterocycles. The number of aliphatic imine (C=N–C) groups is 1. The lowest BCUT2D eigenvalue weighted by molar-refractivity contribution is 0.0175. The molecule has 1 aromatic carbocycles. The number of benzene rings is 1. The van der Waals surface area contributed by atoms with E-state index in [0.717, 1.165) is 6.92 Å². The van der Waals surface area contributed by atoms with E-state index in [4.69, 9.17) is 11.5 Å². The Bertz CT molecular complexity index is 665. The third-order valence-electron chi connectivity index (χ3n) is 2.77. The quantitative estimate of drug-likeness (QED) is 0.551. The molecule has 1 aromatic heterocycles. The fraction of sp³-hybridized carbons (Fsp3) is 0.308. The zero-order valence-electron chi connectivity index (χ0n) is 11.9. The molecule has 0 bridgehead atoms. The highest BCUT2D eigenvalue weighted by molar-refractivity contribution is 6.00. The van der Waals surface area contributed by atoms with Crippen LogP contribution in [0.25, 0.3) is 0 Å². The normalized spacial score (nSPS) is 12.5. The van der Waals surface area contributed by atoms with Crippen molar-refractivity contribution in [3.05, 3.63) is 35.5 Å². The minimum Gasteiger partial charge on any atom is -0.382 e. The van der Waals surface area contributed by atoms with E-state index >= 15 is 0 Å². The number of hydrogen-bond acceptors (Lipinski definition) is 6. The second kappa shape index (κ2) is 6.48. The molecule has 0 unspecified atom stereocenters. The van der Waals surface area contributed by atoms with E-state index in [0.29, 0.717) is 18.9 Å². The molecule has 0 aliphatic carbocycles. The molecule has 0 atom stereocenters. The minimum absolute atomic E-state index is 0.00246. The van der Waals surface area contributed by atoms with Crippen molar-refractivity contribution in [1.82, 2.24) is 10.3 Å². The highest BCUT2D eigenvalue weighted by Crippen LogP contribution is 2.29. The third-order valence-corrected chi connectivity index (χ3v) is 2.77. The van der Waals surface area contributed by atoms with Crippen molar-refractivity contribution in [3.8, 4) is 0 Å². The lowest BCUT2D eigenvalue weighted by atomic mass is 10.1. The molecule has 2 aromatic rings. The Balaban J connectivity index is 2.28. The SMILES string of the molecule is CC(F)(F)c1cccc(N=C(N)c2nonc2NCCN)c1. The molecule has 9 heteroatoms. The number of nitrogens with two attached hydrogens (primary N) is 2. The monoisotopic (exact) mass is 310 g/mol. The van der Waals surface area contributed by atoms with E-state index in [2.05, 4.69) is 25.3 Å². The number of anilines is 1. The first-order valence-electron chi connectivity index (χ1n) is 6.51. The number of hydrogen-bond donors (Lipinski definition) is 3. The Hall–Kier alpha value is -2.55. The standard InChI is InChI=1S/C13H16F2N6O/c1-13(14,15)8-3-2-4-9(7-8)19-11(17)10-12(18-6-5-16)21-22-20-10/h2-4,7H,5-6,16H2,1H3,(H2,17,19)(H,18,21). The van der Waals surface area contributed by atoms with E-state index in [9.17, 15) is 8.78 Å². The van der Waals surface area contributed by atoms with Crippen LogP contribution in [-0.2, 0) is 5.92 Å². The average molecular weight is 310 g/mol. The predicted molar refractivity (Wildman–Crippen MR) is 78.2 cm³/mol. The first kappa shape index (κ1) is 15.8. The molecule has 0 fully saturated rings. The minimum atomic E-state index is -2.95. The van der Waals surface area contributed by atoms with Gasteiger partial charge in [-0.2, -0.15) is 0 Å². The van der Waals surface area contributed by atoms with Crippen molar-refractivity contribution in [2.24, 2.45) is 16.5 Å². The zero-order valence-corrected chi connectivity index (χ0v) is 11.9. The van der Waals surface area contributed by atoms with Gasteiger partial charge in [-0.25, -0.2) is 18.4 Å². The lowest BCUT2D eigenvalue weighted by Gasteiger charge is -2.10. The average Bonchev–Trinajstić information content (AvgIpc) is 2.93.